The highest BCUT2D eigenvalue weighted by Crippen LogP contribution is 2.34. The molecule has 0 aliphatic carbocycles. The van der Waals surface area contributed by atoms with Gasteiger partial charge in [0.1, 0.15) is 12.2 Å². The molecule has 11 heavy (non-hydrogen) atoms. The number of hydrogen-bond acceptors (Lipinski definition) is 3. The van der Waals surface area contributed by atoms with Gasteiger partial charge in [-0.25, -0.2) is 0 Å². The van der Waals surface area contributed by atoms with E-state index in [0.717, 1.165) is 0 Å². The van der Waals surface area contributed by atoms with E-state index in [1.165, 1.54) is 0 Å². The summed E-state index contributed by atoms with van der Waals surface area (Å²) in [5.74, 6) is -0.409. The number of hydrogen-bond donors (Lipinski definition) is 0. The molecular formula is C8H14O3. The van der Waals surface area contributed by atoms with Gasteiger partial charge < -0.3 is 14.2 Å². The van der Waals surface area contributed by atoms with Crippen LogP contribution in [0.3, 0.4) is 0 Å². The second kappa shape index (κ2) is 2.19. The molecule has 3 nitrogen and oxygen atoms in total. The molecule has 2 aliphatic rings. The van der Waals surface area contributed by atoms with Gasteiger partial charge in [-0.05, 0) is 20.8 Å². The van der Waals surface area contributed by atoms with Crippen LogP contribution in [-0.2, 0) is 14.2 Å². The molecule has 0 spiro atoms. The van der Waals surface area contributed by atoms with Gasteiger partial charge in [0, 0.05) is 0 Å². The maximum atomic E-state index is 5.64. The Balaban J connectivity index is 2.10. The first-order valence-corrected chi connectivity index (χ1v) is 4.06. The SMILES string of the molecule is C[C@H]1OCC2OC(C)(C)OC21. The Bertz CT molecular complexity index is 167. The van der Waals surface area contributed by atoms with Gasteiger partial charge in [-0.1, -0.05) is 0 Å². The predicted molar refractivity (Wildman–Crippen MR) is 39.2 cm³/mol. The van der Waals surface area contributed by atoms with Crippen molar-refractivity contribution in [2.75, 3.05) is 6.61 Å². The van der Waals surface area contributed by atoms with E-state index in [2.05, 4.69) is 0 Å². The van der Waals surface area contributed by atoms with Crippen LogP contribution in [0.1, 0.15) is 20.8 Å². The summed E-state index contributed by atoms with van der Waals surface area (Å²) in [4.78, 5) is 0. The zero-order valence-electron chi connectivity index (χ0n) is 7.16. The third kappa shape index (κ3) is 1.17. The van der Waals surface area contributed by atoms with Gasteiger partial charge in [0.15, 0.2) is 5.79 Å². The minimum atomic E-state index is -0.409. The maximum absolute atomic E-state index is 5.64. The van der Waals surface area contributed by atoms with Crippen LogP contribution in [0.5, 0.6) is 0 Å². The highest BCUT2D eigenvalue weighted by atomic mass is 16.8. The van der Waals surface area contributed by atoms with Crippen LogP contribution < -0.4 is 0 Å². The molecule has 0 bridgehead atoms. The van der Waals surface area contributed by atoms with Crippen molar-refractivity contribution in [3.05, 3.63) is 0 Å². The van der Waals surface area contributed by atoms with Crippen molar-refractivity contribution in [2.24, 2.45) is 0 Å². The largest absolute Gasteiger partial charge is 0.373 e. The van der Waals surface area contributed by atoms with Gasteiger partial charge in [-0.15, -0.1) is 0 Å². The van der Waals surface area contributed by atoms with Crippen molar-refractivity contribution in [3.63, 3.8) is 0 Å². The van der Waals surface area contributed by atoms with Crippen molar-refractivity contribution < 1.29 is 14.2 Å². The molecule has 2 fully saturated rings. The summed E-state index contributed by atoms with van der Waals surface area (Å²) in [5, 5.41) is 0. The van der Waals surface area contributed by atoms with Crippen LogP contribution in [0.25, 0.3) is 0 Å². The zero-order chi connectivity index (χ0) is 8.06. The lowest BCUT2D eigenvalue weighted by Gasteiger charge is -2.19. The molecule has 2 unspecified atom stereocenters. The first-order chi connectivity index (χ1) is 5.08. The minimum Gasteiger partial charge on any atom is -0.373 e. The Morgan fingerprint density at radius 3 is 2.64 bits per heavy atom. The Morgan fingerprint density at radius 2 is 2.00 bits per heavy atom. The summed E-state index contributed by atoms with van der Waals surface area (Å²) >= 11 is 0. The highest BCUT2D eigenvalue weighted by molar-refractivity contribution is 4.89. The average Bonchev–Trinajstić information content (AvgIpc) is 2.31. The summed E-state index contributed by atoms with van der Waals surface area (Å²) in [6, 6.07) is 0. The molecule has 0 aromatic rings. The minimum absolute atomic E-state index is 0.144. The van der Waals surface area contributed by atoms with E-state index in [1.807, 2.05) is 20.8 Å². The van der Waals surface area contributed by atoms with E-state index in [1.54, 1.807) is 0 Å². The molecule has 0 aromatic carbocycles. The monoisotopic (exact) mass is 158 g/mol. The third-order valence-corrected chi connectivity index (χ3v) is 2.21. The van der Waals surface area contributed by atoms with Crippen LogP contribution in [0, 0.1) is 0 Å². The molecule has 0 saturated carbocycles. The van der Waals surface area contributed by atoms with E-state index in [9.17, 15) is 0 Å². The lowest BCUT2D eigenvalue weighted by Crippen LogP contribution is -2.27. The van der Waals surface area contributed by atoms with Gasteiger partial charge >= 0.3 is 0 Å². The second-order valence-corrected chi connectivity index (χ2v) is 3.68. The lowest BCUT2D eigenvalue weighted by molar-refractivity contribution is -0.173. The van der Waals surface area contributed by atoms with Crippen LogP contribution >= 0.6 is 0 Å². The van der Waals surface area contributed by atoms with Crippen LogP contribution in [0.4, 0.5) is 0 Å². The molecule has 0 N–H and O–H groups in total. The Hall–Kier alpha value is -0.120. The molecule has 2 heterocycles. The fourth-order valence-electron chi connectivity index (χ4n) is 1.73. The smallest absolute Gasteiger partial charge is 0.164 e. The molecule has 0 radical (unpaired) electrons. The van der Waals surface area contributed by atoms with E-state index >= 15 is 0 Å². The Kier molecular flexibility index (Phi) is 1.50. The van der Waals surface area contributed by atoms with E-state index < -0.39 is 5.79 Å². The molecule has 0 amide bonds. The van der Waals surface area contributed by atoms with Crippen molar-refractivity contribution in [3.8, 4) is 0 Å². The predicted octanol–water partition coefficient (Wildman–Crippen LogP) is 0.925. The first-order valence-electron chi connectivity index (χ1n) is 4.06. The van der Waals surface area contributed by atoms with E-state index in [4.69, 9.17) is 14.2 Å². The first kappa shape index (κ1) is 7.53. The Morgan fingerprint density at radius 1 is 1.27 bits per heavy atom. The van der Waals surface area contributed by atoms with Gasteiger partial charge in [0.25, 0.3) is 0 Å². The Labute approximate surface area is 66.6 Å². The summed E-state index contributed by atoms with van der Waals surface area (Å²) in [6.07, 6.45) is 0.478. The van der Waals surface area contributed by atoms with Gasteiger partial charge in [-0.3, -0.25) is 0 Å². The van der Waals surface area contributed by atoms with E-state index in [-0.39, 0.29) is 18.3 Å². The van der Waals surface area contributed by atoms with Crippen LogP contribution in [0.15, 0.2) is 0 Å². The van der Waals surface area contributed by atoms with Gasteiger partial charge in [0.2, 0.25) is 0 Å². The number of fused-ring (bicyclic) bond motifs is 1. The van der Waals surface area contributed by atoms with Gasteiger partial charge in [0.05, 0.1) is 12.7 Å². The van der Waals surface area contributed by atoms with Gasteiger partial charge in [-0.2, -0.15) is 0 Å². The fraction of sp³-hybridized carbons (Fsp3) is 1.00. The van der Waals surface area contributed by atoms with Crippen molar-refractivity contribution in [2.45, 2.75) is 44.9 Å². The molecule has 0 aromatic heterocycles. The van der Waals surface area contributed by atoms with Crippen molar-refractivity contribution >= 4 is 0 Å². The zero-order valence-corrected chi connectivity index (χ0v) is 7.16. The lowest BCUT2D eigenvalue weighted by atomic mass is 10.2. The van der Waals surface area contributed by atoms with E-state index in [0.29, 0.717) is 6.61 Å². The van der Waals surface area contributed by atoms with Crippen molar-refractivity contribution in [1.29, 1.82) is 0 Å². The summed E-state index contributed by atoms with van der Waals surface area (Å²) in [5.41, 5.74) is 0. The molecule has 64 valence electrons. The van der Waals surface area contributed by atoms with Crippen molar-refractivity contribution in [1.82, 2.24) is 0 Å². The highest BCUT2D eigenvalue weighted by Gasteiger charge is 2.48. The summed E-state index contributed by atoms with van der Waals surface area (Å²) in [6.45, 7) is 6.58. The fourth-order valence-corrected chi connectivity index (χ4v) is 1.73. The normalized spacial score (nSPS) is 47.7. The molecule has 3 heteroatoms. The number of rotatable bonds is 0. The molecule has 2 aliphatic heterocycles. The average molecular weight is 158 g/mol. The molecular weight excluding hydrogens is 144 g/mol. The molecule has 2 rings (SSSR count). The quantitative estimate of drug-likeness (QED) is 0.524. The standard InChI is InChI=1S/C8H14O3/c1-5-7-6(4-9-5)10-8(2,3)11-7/h5-7H,4H2,1-3H3/t5-,6?,7?/m1/s1. The topological polar surface area (TPSA) is 27.7 Å². The van der Waals surface area contributed by atoms with Crippen LogP contribution in [0.2, 0.25) is 0 Å². The molecule has 2 saturated heterocycles. The van der Waals surface area contributed by atoms with Crippen LogP contribution in [-0.4, -0.2) is 30.7 Å². The summed E-state index contributed by atoms with van der Waals surface area (Å²) < 4.78 is 16.6. The third-order valence-electron chi connectivity index (χ3n) is 2.21. The second-order valence-electron chi connectivity index (χ2n) is 3.68. The molecule has 3 atom stereocenters. The summed E-state index contributed by atoms with van der Waals surface area (Å²) in [7, 11) is 0. The maximum Gasteiger partial charge on any atom is 0.164 e. The number of ether oxygens (including phenoxy) is 3.